The fourth-order valence-corrected chi connectivity index (χ4v) is 4.52. The minimum atomic E-state index is -4.45. The van der Waals surface area contributed by atoms with Gasteiger partial charge in [0, 0.05) is 13.0 Å². The second-order valence-electron chi connectivity index (χ2n) is 8.13. The third-order valence-corrected chi connectivity index (χ3v) is 5.84. The summed E-state index contributed by atoms with van der Waals surface area (Å²) in [4.78, 5) is 12.5. The Morgan fingerprint density at radius 3 is 2.46 bits per heavy atom. The van der Waals surface area contributed by atoms with Crippen LogP contribution in [0.4, 0.5) is 0 Å². The van der Waals surface area contributed by atoms with Crippen LogP contribution in [0.1, 0.15) is 48.0 Å². The zero-order valence-electron chi connectivity index (χ0n) is 17.6. The smallest absolute Gasteiger partial charge is 0.204 e. The maximum Gasteiger partial charge on any atom is 0.204 e. The zero-order chi connectivity index (χ0) is 21.1. The topological polar surface area (TPSA) is 119 Å². The third kappa shape index (κ3) is 7.00. The molecule has 0 aromatic rings. The maximum atomic E-state index is 12.5. The van der Waals surface area contributed by atoms with Gasteiger partial charge in [-0.25, -0.2) is 0 Å². The van der Waals surface area contributed by atoms with Crippen molar-refractivity contribution in [2.75, 3.05) is 13.2 Å². The first kappa shape index (κ1) is 24.2. The van der Waals surface area contributed by atoms with Crippen LogP contribution < -0.4 is 9.98 Å². The second-order valence-corrected chi connectivity index (χ2v) is 9.65. The molecule has 10 heteroatoms. The standard InChI is InChI=1S/C18H36NO8P/c1-10(2)23-9-16-18(17(20)13(6)26-16)27-28(21,22)19-8-15-14(24-11(3)4)7-12(5)25-15/h10-18,20H,7-9H2,1-6H3,(H2,19,21,22)/p-1/t12-,13-,14+,15+,16+,17?,18-/m0/s1. The predicted octanol–water partition coefficient (Wildman–Crippen LogP) is 0.974. The van der Waals surface area contributed by atoms with Gasteiger partial charge in [0.1, 0.15) is 18.3 Å². The summed E-state index contributed by atoms with van der Waals surface area (Å²) in [6.07, 6.45) is -3.23. The second kappa shape index (κ2) is 10.3. The van der Waals surface area contributed by atoms with Crippen molar-refractivity contribution in [3.8, 4) is 0 Å². The summed E-state index contributed by atoms with van der Waals surface area (Å²) in [7, 11) is -4.45. The Labute approximate surface area is 167 Å². The Bertz CT molecular complexity index is 534. The average molecular weight is 424 g/mol. The molecular formula is C18H35NO8P-. The van der Waals surface area contributed by atoms with Crippen LogP contribution in [0.2, 0.25) is 0 Å². The number of nitrogens with one attached hydrogen (secondary N) is 1. The van der Waals surface area contributed by atoms with Crippen LogP contribution in [0.25, 0.3) is 0 Å². The van der Waals surface area contributed by atoms with E-state index in [2.05, 4.69) is 5.09 Å². The molecule has 0 aromatic heterocycles. The van der Waals surface area contributed by atoms with E-state index in [4.69, 9.17) is 23.5 Å². The monoisotopic (exact) mass is 424 g/mol. The molecule has 2 heterocycles. The van der Waals surface area contributed by atoms with E-state index in [9.17, 15) is 14.6 Å². The Morgan fingerprint density at radius 2 is 1.86 bits per heavy atom. The molecule has 166 valence electrons. The van der Waals surface area contributed by atoms with E-state index >= 15 is 0 Å². The van der Waals surface area contributed by atoms with Crippen molar-refractivity contribution in [1.29, 1.82) is 0 Å². The van der Waals surface area contributed by atoms with Crippen LogP contribution >= 0.6 is 7.75 Å². The van der Waals surface area contributed by atoms with Crippen LogP contribution in [0.5, 0.6) is 0 Å². The lowest BCUT2D eigenvalue weighted by atomic mass is 10.1. The first-order valence-electron chi connectivity index (χ1n) is 9.99. The van der Waals surface area contributed by atoms with Gasteiger partial charge in [-0.2, -0.15) is 0 Å². The summed E-state index contributed by atoms with van der Waals surface area (Å²) in [5.41, 5.74) is 0. The van der Waals surface area contributed by atoms with Crippen molar-refractivity contribution in [3.05, 3.63) is 0 Å². The molecule has 28 heavy (non-hydrogen) atoms. The molecule has 0 saturated carbocycles. The number of ether oxygens (including phenoxy) is 4. The summed E-state index contributed by atoms with van der Waals surface area (Å²) in [6, 6.07) is 0. The highest BCUT2D eigenvalue weighted by Gasteiger charge is 2.44. The number of rotatable bonds is 10. The lowest BCUT2D eigenvalue weighted by molar-refractivity contribution is -0.211. The van der Waals surface area contributed by atoms with E-state index in [1.54, 1.807) is 6.92 Å². The van der Waals surface area contributed by atoms with Gasteiger partial charge in [0.05, 0.1) is 43.2 Å². The Morgan fingerprint density at radius 1 is 1.18 bits per heavy atom. The van der Waals surface area contributed by atoms with Crippen LogP contribution in [0, 0.1) is 0 Å². The maximum absolute atomic E-state index is 12.5. The molecule has 0 aromatic carbocycles. The molecule has 8 atom stereocenters. The van der Waals surface area contributed by atoms with Gasteiger partial charge in [-0.3, -0.25) is 9.65 Å². The van der Waals surface area contributed by atoms with E-state index in [0.717, 1.165) is 0 Å². The van der Waals surface area contributed by atoms with Crippen LogP contribution in [-0.4, -0.2) is 73.2 Å². The molecule has 2 fully saturated rings. The minimum Gasteiger partial charge on any atom is -0.766 e. The van der Waals surface area contributed by atoms with Crippen molar-refractivity contribution in [3.63, 3.8) is 0 Å². The Kier molecular flexibility index (Phi) is 8.88. The van der Waals surface area contributed by atoms with E-state index in [1.165, 1.54) is 0 Å². The van der Waals surface area contributed by atoms with Gasteiger partial charge in [-0.1, -0.05) is 0 Å². The number of hydrogen-bond acceptors (Lipinski definition) is 8. The Balaban J connectivity index is 1.93. The zero-order valence-corrected chi connectivity index (χ0v) is 18.5. The summed E-state index contributed by atoms with van der Waals surface area (Å²) in [6.45, 7) is 11.4. The molecule has 0 radical (unpaired) electrons. The first-order valence-corrected chi connectivity index (χ1v) is 11.5. The van der Waals surface area contributed by atoms with Crippen molar-refractivity contribution >= 4 is 7.75 Å². The van der Waals surface area contributed by atoms with Gasteiger partial charge in [0.25, 0.3) is 0 Å². The van der Waals surface area contributed by atoms with Crippen LogP contribution in [0.15, 0.2) is 0 Å². The molecule has 2 aliphatic rings. The van der Waals surface area contributed by atoms with Gasteiger partial charge in [-0.15, -0.1) is 0 Å². The third-order valence-electron chi connectivity index (χ3n) is 4.75. The van der Waals surface area contributed by atoms with Gasteiger partial charge < -0.3 is 33.5 Å². The van der Waals surface area contributed by atoms with E-state index in [1.807, 2.05) is 34.6 Å². The lowest BCUT2D eigenvalue weighted by Gasteiger charge is -2.32. The largest absolute Gasteiger partial charge is 0.766 e. The molecule has 2 saturated heterocycles. The molecule has 2 unspecified atom stereocenters. The highest BCUT2D eigenvalue weighted by Crippen LogP contribution is 2.39. The summed E-state index contributed by atoms with van der Waals surface area (Å²) in [5, 5.41) is 12.7. The van der Waals surface area contributed by atoms with E-state index < -0.39 is 38.3 Å². The van der Waals surface area contributed by atoms with Gasteiger partial charge in [0.2, 0.25) is 7.75 Å². The summed E-state index contributed by atoms with van der Waals surface area (Å²) in [5.74, 6) is 0. The quantitative estimate of drug-likeness (QED) is 0.495. The molecule has 9 nitrogen and oxygen atoms in total. The van der Waals surface area contributed by atoms with E-state index in [0.29, 0.717) is 6.42 Å². The van der Waals surface area contributed by atoms with Crippen LogP contribution in [0.3, 0.4) is 0 Å². The molecule has 0 spiro atoms. The van der Waals surface area contributed by atoms with Gasteiger partial charge in [-0.05, 0) is 41.5 Å². The van der Waals surface area contributed by atoms with Crippen molar-refractivity contribution in [2.45, 2.75) is 103 Å². The number of aliphatic hydroxyl groups is 1. The van der Waals surface area contributed by atoms with Crippen molar-refractivity contribution < 1.29 is 38.0 Å². The van der Waals surface area contributed by atoms with Crippen molar-refractivity contribution in [2.24, 2.45) is 0 Å². The summed E-state index contributed by atoms with van der Waals surface area (Å²) < 4.78 is 40.4. The predicted molar refractivity (Wildman–Crippen MR) is 101 cm³/mol. The number of hydrogen-bond donors (Lipinski definition) is 2. The van der Waals surface area contributed by atoms with Gasteiger partial charge >= 0.3 is 0 Å². The Hall–Kier alpha value is -0.0900. The molecule has 2 N–H and O–H groups in total. The molecule has 0 aliphatic carbocycles. The first-order chi connectivity index (χ1) is 13.0. The minimum absolute atomic E-state index is 0.00836. The fourth-order valence-electron chi connectivity index (χ4n) is 3.46. The molecule has 0 amide bonds. The molecule has 2 rings (SSSR count). The number of aliphatic hydroxyl groups excluding tert-OH is 1. The molecule has 2 aliphatic heterocycles. The van der Waals surface area contributed by atoms with E-state index in [-0.39, 0.29) is 37.6 Å². The average Bonchev–Trinajstić information content (AvgIpc) is 3.04. The van der Waals surface area contributed by atoms with Crippen molar-refractivity contribution in [1.82, 2.24) is 5.09 Å². The molecule has 0 bridgehead atoms. The normalized spacial score (nSPS) is 38.4. The van der Waals surface area contributed by atoms with Crippen LogP contribution in [-0.2, 0) is 28.0 Å². The highest BCUT2D eigenvalue weighted by molar-refractivity contribution is 7.49. The lowest BCUT2D eigenvalue weighted by Crippen LogP contribution is -2.42. The fraction of sp³-hybridized carbons (Fsp3) is 1.00. The highest BCUT2D eigenvalue weighted by atomic mass is 31.2. The van der Waals surface area contributed by atoms with Gasteiger partial charge in [0.15, 0.2) is 0 Å². The summed E-state index contributed by atoms with van der Waals surface area (Å²) >= 11 is 0. The SMILES string of the molecule is CC(C)OC[C@H]1O[C@@H](C)C(O)[C@H]1OP(=O)([O-])NC[C@H]1O[C@@H](C)C[C@H]1OC(C)C. The molecular weight excluding hydrogens is 389 g/mol.